The van der Waals surface area contributed by atoms with Gasteiger partial charge in [-0.1, -0.05) is 0 Å². The molecule has 1 aliphatic heterocycles. The predicted octanol–water partition coefficient (Wildman–Crippen LogP) is 5.07. The summed E-state index contributed by atoms with van der Waals surface area (Å²) < 4.78 is 65.7. The molecule has 214 valence electrons. The van der Waals surface area contributed by atoms with Crippen LogP contribution in [-0.4, -0.2) is 62.7 Å². The first-order chi connectivity index (χ1) is 19.9. The highest BCUT2D eigenvalue weighted by molar-refractivity contribution is 7.92. The SMILES string of the molecule is O=S(=O)(Nc1ccc(Nc2cc(-c3ccc(OCCCN4CCOCC4)cc3)ncn2)cc1)c1ccc(F)cc1F. The van der Waals surface area contributed by atoms with Gasteiger partial charge < -0.3 is 14.8 Å². The molecule has 0 radical (unpaired) electrons. The van der Waals surface area contributed by atoms with Crippen molar-refractivity contribution in [2.45, 2.75) is 11.3 Å². The summed E-state index contributed by atoms with van der Waals surface area (Å²) in [5.41, 5.74) is 2.47. The maximum Gasteiger partial charge on any atom is 0.264 e. The highest BCUT2D eigenvalue weighted by Gasteiger charge is 2.19. The van der Waals surface area contributed by atoms with Crippen LogP contribution in [0.4, 0.5) is 26.0 Å². The Morgan fingerprint density at radius 1 is 0.902 bits per heavy atom. The number of morpholine rings is 1. The number of rotatable bonds is 11. The van der Waals surface area contributed by atoms with Gasteiger partial charge in [0.25, 0.3) is 10.0 Å². The van der Waals surface area contributed by atoms with Gasteiger partial charge in [0.15, 0.2) is 0 Å². The lowest BCUT2D eigenvalue weighted by Crippen LogP contribution is -2.37. The highest BCUT2D eigenvalue weighted by atomic mass is 32.2. The van der Waals surface area contributed by atoms with Crippen molar-refractivity contribution in [2.24, 2.45) is 0 Å². The van der Waals surface area contributed by atoms with Gasteiger partial charge in [0.2, 0.25) is 0 Å². The molecule has 1 aromatic heterocycles. The van der Waals surface area contributed by atoms with E-state index in [4.69, 9.17) is 9.47 Å². The zero-order valence-corrected chi connectivity index (χ0v) is 22.9. The summed E-state index contributed by atoms with van der Waals surface area (Å²) in [6.07, 6.45) is 2.40. The van der Waals surface area contributed by atoms with Gasteiger partial charge >= 0.3 is 0 Å². The van der Waals surface area contributed by atoms with Crippen molar-refractivity contribution < 1.29 is 26.7 Å². The minimum absolute atomic E-state index is 0.214. The number of ether oxygens (including phenoxy) is 2. The highest BCUT2D eigenvalue weighted by Crippen LogP contribution is 2.25. The van der Waals surface area contributed by atoms with Crippen LogP contribution in [-0.2, 0) is 14.8 Å². The Hall–Kier alpha value is -4.13. The molecule has 2 N–H and O–H groups in total. The van der Waals surface area contributed by atoms with E-state index >= 15 is 0 Å². The third-order valence-electron chi connectivity index (χ3n) is 6.40. The van der Waals surface area contributed by atoms with Crippen molar-refractivity contribution in [3.8, 4) is 17.0 Å². The first-order valence-corrected chi connectivity index (χ1v) is 14.5. The average Bonchev–Trinajstić information content (AvgIpc) is 2.97. The van der Waals surface area contributed by atoms with Crippen LogP contribution in [0, 0.1) is 11.6 Å². The minimum atomic E-state index is -4.23. The van der Waals surface area contributed by atoms with Gasteiger partial charge in [-0.15, -0.1) is 0 Å². The Morgan fingerprint density at radius 3 is 2.37 bits per heavy atom. The first-order valence-electron chi connectivity index (χ1n) is 13.1. The molecule has 2 heterocycles. The quantitative estimate of drug-likeness (QED) is 0.237. The third kappa shape index (κ3) is 7.75. The predicted molar refractivity (Wildman–Crippen MR) is 152 cm³/mol. The van der Waals surface area contributed by atoms with Crippen LogP contribution in [0.5, 0.6) is 5.75 Å². The van der Waals surface area contributed by atoms with E-state index in [9.17, 15) is 17.2 Å². The summed E-state index contributed by atoms with van der Waals surface area (Å²) in [5.74, 6) is -0.695. The van der Waals surface area contributed by atoms with E-state index in [1.807, 2.05) is 24.3 Å². The Labute approximate surface area is 237 Å². The Morgan fingerprint density at radius 2 is 1.63 bits per heavy atom. The van der Waals surface area contributed by atoms with Gasteiger partial charge in [0, 0.05) is 48.7 Å². The number of anilines is 3. The standard InChI is InChI=1S/C29H29F2N5O4S/c30-22-4-11-28(26(31)18-22)41(37,38)35-24-7-5-23(6-8-24)34-29-19-27(32-20-33-29)21-2-9-25(10-3-21)40-15-1-12-36-13-16-39-17-14-36/h2-11,18-20,35H,1,12-17H2,(H,32,33,34). The van der Waals surface area contributed by atoms with E-state index in [1.165, 1.54) is 18.5 Å². The molecule has 12 heteroatoms. The molecule has 1 aliphatic rings. The van der Waals surface area contributed by atoms with Crippen molar-refractivity contribution in [3.05, 3.63) is 90.8 Å². The average molecular weight is 582 g/mol. The fourth-order valence-electron chi connectivity index (χ4n) is 4.28. The molecular formula is C29H29F2N5O4S. The van der Waals surface area contributed by atoms with Crippen molar-refractivity contribution in [2.75, 3.05) is 49.5 Å². The molecule has 0 aliphatic carbocycles. The topological polar surface area (TPSA) is 106 Å². The zero-order chi connectivity index (χ0) is 28.7. The summed E-state index contributed by atoms with van der Waals surface area (Å²) in [6, 6.07) is 18.1. The molecular weight excluding hydrogens is 552 g/mol. The van der Waals surface area contributed by atoms with Gasteiger partial charge in [-0.3, -0.25) is 9.62 Å². The molecule has 0 atom stereocenters. The summed E-state index contributed by atoms with van der Waals surface area (Å²) in [4.78, 5) is 10.4. The maximum absolute atomic E-state index is 14.0. The molecule has 0 spiro atoms. The van der Waals surface area contributed by atoms with Crippen LogP contribution in [0.3, 0.4) is 0 Å². The normalized spacial score (nSPS) is 14.0. The number of halogens is 2. The van der Waals surface area contributed by atoms with Crippen molar-refractivity contribution in [3.63, 3.8) is 0 Å². The molecule has 5 rings (SSSR count). The minimum Gasteiger partial charge on any atom is -0.494 e. The van der Waals surface area contributed by atoms with E-state index in [1.54, 1.807) is 18.2 Å². The monoisotopic (exact) mass is 581 g/mol. The number of hydrogen-bond donors (Lipinski definition) is 2. The molecule has 0 amide bonds. The second kappa shape index (κ2) is 13.0. The number of nitrogens with zero attached hydrogens (tertiary/aromatic N) is 3. The van der Waals surface area contributed by atoms with Crippen molar-refractivity contribution >= 4 is 27.2 Å². The smallest absolute Gasteiger partial charge is 0.264 e. The summed E-state index contributed by atoms with van der Waals surface area (Å²) >= 11 is 0. The Bertz CT molecular complexity index is 1570. The third-order valence-corrected chi connectivity index (χ3v) is 7.82. The zero-order valence-electron chi connectivity index (χ0n) is 22.1. The summed E-state index contributed by atoms with van der Waals surface area (Å²) in [7, 11) is -4.23. The molecule has 4 aromatic rings. The second-order valence-corrected chi connectivity index (χ2v) is 11.0. The van der Waals surface area contributed by atoms with Gasteiger partial charge in [-0.25, -0.2) is 27.2 Å². The molecule has 3 aromatic carbocycles. The molecule has 0 bridgehead atoms. The van der Waals surface area contributed by atoms with Gasteiger partial charge in [-0.05, 0) is 67.1 Å². The van der Waals surface area contributed by atoms with Crippen molar-refractivity contribution in [1.82, 2.24) is 14.9 Å². The fourth-order valence-corrected chi connectivity index (χ4v) is 5.40. The Balaban J connectivity index is 1.15. The Kier molecular flexibility index (Phi) is 9.02. The molecule has 0 saturated carbocycles. The van der Waals surface area contributed by atoms with Crippen LogP contribution < -0.4 is 14.8 Å². The first kappa shape index (κ1) is 28.4. The van der Waals surface area contributed by atoms with Crippen LogP contribution in [0.15, 0.2) is 84.0 Å². The summed E-state index contributed by atoms with van der Waals surface area (Å²) in [6.45, 7) is 5.16. The van der Waals surface area contributed by atoms with E-state index in [0.717, 1.165) is 62.7 Å². The molecule has 1 fully saturated rings. The van der Waals surface area contributed by atoms with E-state index in [-0.39, 0.29) is 5.69 Å². The molecule has 9 nitrogen and oxygen atoms in total. The second-order valence-electron chi connectivity index (χ2n) is 9.35. The summed E-state index contributed by atoms with van der Waals surface area (Å²) in [5, 5.41) is 3.16. The van der Waals surface area contributed by atoms with E-state index in [2.05, 4.69) is 24.9 Å². The van der Waals surface area contributed by atoms with Crippen LogP contribution in [0.2, 0.25) is 0 Å². The maximum atomic E-state index is 14.0. The lowest BCUT2D eigenvalue weighted by Gasteiger charge is -2.26. The van der Waals surface area contributed by atoms with Gasteiger partial charge in [0.05, 0.1) is 25.5 Å². The number of hydrogen-bond acceptors (Lipinski definition) is 8. The number of sulfonamides is 1. The van der Waals surface area contributed by atoms with Gasteiger partial charge in [0.1, 0.15) is 34.4 Å². The van der Waals surface area contributed by atoms with E-state index < -0.39 is 26.6 Å². The van der Waals surface area contributed by atoms with Gasteiger partial charge in [-0.2, -0.15) is 0 Å². The largest absolute Gasteiger partial charge is 0.494 e. The fraction of sp³-hybridized carbons (Fsp3) is 0.241. The number of benzene rings is 3. The molecule has 0 unspecified atom stereocenters. The van der Waals surface area contributed by atoms with Crippen LogP contribution in [0.25, 0.3) is 11.3 Å². The lowest BCUT2D eigenvalue weighted by molar-refractivity contribution is 0.0358. The molecule has 41 heavy (non-hydrogen) atoms. The van der Waals surface area contributed by atoms with Crippen LogP contribution in [0.1, 0.15) is 6.42 Å². The van der Waals surface area contributed by atoms with E-state index in [0.29, 0.717) is 29.9 Å². The van der Waals surface area contributed by atoms with Crippen LogP contribution >= 0.6 is 0 Å². The van der Waals surface area contributed by atoms with Crippen molar-refractivity contribution in [1.29, 1.82) is 0 Å². The molecule has 1 saturated heterocycles. The number of nitrogens with one attached hydrogen (secondary N) is 2. The lowest BCUT2D eigenvalue weighted by atomic mass is 10.1. The number of aromatic nitrogens is 2.